The van der Waals surface area contributed by atoms with Crippen LogP contribution in [0.2, 0.25) is 0 Å². The first-order valence-corrected chi connectivity index (χ1v) is 11.8. The molecule has 1 aromatic heterocycles. The molecule has 1 saturated heterocycles. The molecule has 1 fully saturated rings. The number of aromatic nitrogens is 2. The summed E-state index contributed by atoms with van der Waals surface area (Å²) < 4.78 is 7.98. The van der Waals surface area contributed by atoms with E-state index in [0.717, 1.165) is 55.7 Å². The van der Waals surface area contributed by atoms with Crippen LogP contribution in [0.4, 0.5) is 0 Å². The van der Waals surface area contributed by atoms with Crippen LogP contribution in [0.5, 0.6) is 5.88 Å². The minimum absolute atomic E-state index is 0.122. The second-order valence-electron chi connectivity index (χ2n) is 8.24. The topological polar surface area (TPSA) is 131 Å². The largest absolute Gasteiger partial charge is 0.545 e. The number of carbonyl (C=O) groups excluding carboxylic acids is 2. The Bertz CT molecular complexity index is 1110. The Morgan fingerprint density at radius 2 is 1.56 bits per heavy atom. The number of hydrogen-bond donors (Lipinski definition) is 1. The molecule has 0 unspecified atom stereocenters. The zero-order chi connectivity index (χ0) is 25.8. The van der Waals surface area contributed by atoms with Crippen molar-refractivity contribution in [3.63, 3.8) is 0 Å². The van der Waals surface area contributed by atoms with Crippen molar-refractivity contribution >= 4 is 11.9 Å². The van der Waals surface area contributed by atoms with Gasteiger partial charge in [-0.2, -0.15) is 0 Å². The second-order valence-corrected chi connectivity index (χ2v) is 8.24. The molecule has 0 atom stereocenters. The lowest BCUT2D eigenvalue weighted by molar-refractivity contribution is -0.301. The SMILES string of the molecule is O=C([O-])C=CC(=O)[O-].OC1CCN(CCCOc2nn(-c3ccccc3)cc2-c2ccccc2)CC1. The molecule has 1 N–H and O–H groups in total. The van der Waals surface area contributed by atoms with Gasteiger partial charge in [-0.1, -0.05) is 48.5 Å². The Morgan fingerprint density at radius 3 is 2.14 bits per heavy atom. The molecule has 36 heavy (non-hydrogen) atoms. The van der Waals surface area contributed by atoms with Gasteiger partial charge in [-0.3, -0.25) is 0 Å². The van der Waals surface area contributed by atoms with Crippen LogP contribution < -0.4 is 14.9 Å². The molecular weight excluding hydrogens is 462 g/mol. The summed E-state index contributed by atoms with van der Waals surface area (Å²) in [7, 11) is 0. The van der Waals surface area contributed by atoms with Gasteiger partial charge in [0.1, 0.15) is 0 Å². The van der Waals surface area contributed by atoms with E-state index >= 15 is 0 Å². The summed E-state index contributed by atoms with van der Waals surface area (Å²) in [4.78, 5) is 21.2. The van der Waals surface area contributed by atoms with Gasteiger partial charge in [0, 0.05) is 25.8 Å². The summed E-state index contributed by atoms with van der Waals surface area (Å²) in [6, 6.07) is 20.3. The van der Waals surface area contributed by atoms with Gasteiger partial charge in [-0.05, 0) is 49.1 Å². The third-order valence-corrected chi connectivity index (χ3v) is 5.56. The predicted molar refractivity (Wildman–Crippen MR) is 130 cm³/mol. The van der Waals surface area contributed by atoms with E-state index in [1.165, 1.54) is 0 Å². The van der Waals surface area contributed by atoms with Gasteiger partial charge in [0.15, 0.2) is 0 Å². The average molecular weight is 492 g/mol. The lowest BCUT2D eigenvalue weighted by Gasteiger charge is -2.29. The molecule has 9 nitrogen and oxygen atoms in total. The van der Waals surface area contributed by atoms with Crippen LogP contribution in [0, 0.1) is 0 Å². The minimum atomic E-state index is -1.55. The number of carboxylic acids is 2. The summed E-state index contributed by atoms with van der Waals surface area (Å²) in [6.45, 7) is 3.57. The number of carboxylic acid groups (broad SMARTS) is 2. The number of benzene rings is 2. The predicted octanol–water partition coefficient (Wildman–Crippen LogP) is 0.807. The first-order valence-electron chi connectivity index (χ1n) is 11.8. The number of piperidine rings is 1. The number of ether oxygens (including phenoxy) is 1. The van der Waals surface area contributed by atoms with Crippen LogP contribution >= 0.6 is 0 Å². The van der Waals surface area contributed by atoms with Gasteiger partial charge in [0.25, 0.3) is 0 Å². The molecule has 4 rings (SSSR count). The van der Waals surface area contributed by atoms with E-state index in [4.69, 9.17) is 9.84 Å². The Kier molecular flexibility index (Phi) is 10.2. The lowest BCUT2D eigenvalue weighted by Crippen LogP contribution is -2.36. The molecule has 0 amide bonds. The maximum absolute atomic E-state index is 9.62. The van der Waals surface area contributed by atoms with Gasteiger partial charge in [-0.25, -0.2) is 4.68 Å². The maximum atomic E-state index is 9.62. The number of aliphatic hydroxyl groups is 1. The van der Waals surface area contributed by atoms with E-state index in [2.05, 4.69) is 17.0 Å². The standard InChI is InChI=1S/C23H27N3O2.C4H4O4/c27-21-12-15-25(16-13-21)14-7-17-28-23-22(19-8-3-1-4-9-19)18-26(24-23)20-10-5-2-6-11-20;5-3(6)1-2-4(7)8/h1-6,8-11,18,21,27H,7,12-17H2;1-2H,(H,5,6)(H,7,8)/p-2. The molecule has 0 spiro atoms. The summed E-state index contributed by atoms with van der Waals surface area (Å²) in [6.07, 6.45) is 5.38. The molecule has 9 heteroatoms. The van der Waals surface area contributed by atoms with Crippen LogP contribution in [0.3, 0.4) is 0 Å². The third-order valence-electron chi connectivity index (χ3n) is 5.56. The van der Waals surface area contributed by atoms with Crippen molar-refractivity contribution in [1.82, 2.24) is 14.7 Å². The van der Waals surface area contributed by atoms with Gasteiger partial charge in [-0.15, -0.1) is 5.10 Å². The fourth-order valence-corrected chi connectivity index (χ4v) is 3.73. The van der Waals surface area contributed by atoms with Gasteiger partial charge in [0.05, 0.1) is 35.9 Å². The van der Waals surface area contributed by atoms with Crippen LogP contribution in [0.1, 0.15) is 19.3 Å². The van der Waals surface area contributed by atoms with Crippen LogP contribution in [-0.4, -0.2) is 64.1 Å². The third kappa shape index (κ3) is 8.68. The quantitative estimate of drug-likeness (QED) is 0.344. The maximum Gasteiger partial charge on any atom is 0.241 e. The molecule has 0 saturated carbocycles. The van der Waals surface area contributed by atoms with E-state index in [1.807, 2.05) is 59.4 Å². The van der Waals surface area contributed by atoms with Crippen LogP contribution in [-0.2, 0) is 9.59 Å². The highest BCUT2D eigenvalue weighted by molar-refractivity contribution is 5.87. The number of aliphatic carboxylic acids is 2. The fourth-order valence-electron chi connectivity index (χ4n) is 3.73. The number of hydrogen-bond acceptors (Lipinski definition) is 8. The second kappa shape index (κ2) is 13.8. The van der Waals surface area contributed by atoms with E-state index in [9.17, 15) is 24.9 Å². The molecule has 0 bridgehead atoms. The van der Waals surface area contributed by atoms with Crippen molar-refractivity contribution in [1.29, 1.82) is 0 Å². The van der Waals surface area contributed by atoms with Crippen molar-refractivity contribution in [3.8, 4) is 22.7 Å². The van der Waals surface area contributed by atoms with Crippen molar-refractivity contribution in [2.75, 3.05) is 26.2 Å². The van der Waals surface area contributed by atoms with E-state index in [1.54, 1.807) is 0 Å². The molecule has 190 valence electrons. The molecule has 1 aliphatic heterocycles. The molecule has 1 aliphatic rings. The Hall–Kier alpha value is -3.95. The van der Waals surface area contributed by atoms with Crippen LogP contribution in [0.15, 0.2) is 79.0 Å². The van der Waals surface area contributed by atoms with Crippen molar-refractivity contribution in [3.05, 3.63) is 79.0 Å². The summed E-state index contributed by atoms with van der Waals surface area (Å²) in [5.41, 5.74) is 3.12. The van der Waals surface area contributed by atoms with E-state index < -0.39 is 11.9 Å². The minimum Gasteiger partial charge on any atom is -0.545 e. The monoisotopic (exact) mass is 491 g/mol. The smallest absolute Gasteiger partial charge is 0.241 e. The highest BCUT2D eigenvalue weighted by atomic mass is 16.5. The van der Waals surface area contributed by atoms with E-state index in [0.29, 0.717) is 24.6 Å². The van der Waals surface area contributed by atoms with E-state index in [-0.39, 0.29) is 6.10 Å². The Labute approximate surface area is 209 Å². The van der Waals surface area contributed by atoms with Crippen molar-refractivity contribution < 1.29 is 29.6 Å². The number of para-hydroxylation sites is 1. The number of likely N-dealkylation sites (tertiary alicyclic amines) is 1. The summed E-state index contributed by atoms with van der Waals surface area (Å²) >= 11 is 0. The highest BCUT2D eigenvalue weighted by Crippen LogP contribution is 2.30. The molecular formula is C27H29N3O6-2. The highest BCUT2D eigenvalue weighted by Gasteiger charge is 2.17. The lowest BCUT2D eigenvalue weighted by atomic mass is 10.1. The fraction of sp³-hybridized carbons (Fsp3) is 0.296. The summed E-state index contributed by atoms with van der Waals surface area (Å²) in [5, 5.41) is 33.1. The molecule has 0 aliphatic carbocycles. The zero-order valence-corrected chi connectivity index (χ0v) is 19.9. The van der Waals surface area contributed by atoms with Crippen molar-refractivity contribution in [2.24, 2.45) is 0 Å². The number of carbonyl (C=O) groups is 2. The number of nitrogens with zero attached hydrogens (tertiary/aromatic N) is 3. The zero-order valence-electron chi connectivity index (χ0n) is 19.9. The first kappa shape index (κ1) is 26.7. The van der Waals surface area contributed by atoms with Crippen LogP contribution in [0.25, 0.3) is 16.8 Å². The number of aliphatic hydroxyl groups excluding tert-OH is 1. The van der Waals surface area contributed by atoms with Gasteiger partial charge in [0.2, 0.25) is 5.88 Å². The van der Waals surface area contributed by atoms with Gasteiger partial charge < -0.3 is 34.5 Å². The molecule has 3 aromatic rings. The normalized spacial score (nSPS) is 14.2. The first-order chi connectivity index (χ1) is 17.4. The molecule has 2 heterocycles. The van der Waals surface area contributed by atoms with Crippen molar-refractivity contribution in [2.45, 2.75) is 25.4 Å². The Morgan fingerprint density at radius 1 is 0.972 bits per heavy atom. The van der Waals surface area contributed by atoms with Gasteiger partial charge >= 0.3 is 0 Å². The Balaban J connectivity index is 0.000000392. The summed E-state index contributed by atoms with van der Waals surface area (Å²) in [5.74, 6) is -2.42. The molecule has 2 aromatic carbocycles. The molecule has 0 radical (unpaired) electrons. The average Bonchev–Trinajstić information content (AvgIpc) is 3.32. The number of rotatable bonds is 9.